The van der Waals surface area contributed by atoms with E-state index in [2.05, 4.69) is 18.2 Å². The fourth-order valence-corrected chi connectivity index (χ4v) is 6.09. The number of methoxy groups -OCH3 is 2. The Balaban J connectivity index is 1.54. The minimum Gasteiger partial charge on any atom is -0.497 e. The maximum atomic E-state index is 13.8. The topological polar surface area (TPSA) is 69.9 Å². The SMILES string of the molecule is COC(=O)c1ccc(C=c2sc3n(c2=O)C(c2ccc(OC)cc2)C2=C(N=3)c3ccccc3CC2)cc1. The number of thiazole rings is 1. The predicted molar refractivity (Wildman–Crippen MR) is 144 cm³/mol. The molecule has 2 aliphatic rings. The first kappa shape index (κ1) is 23.2. The van der Waals surface area contributed by atoms with Gasteiger partial charge in [0, 0.05) is 5.56 Å². The molecule has 0 amide bonds. The highest BCUT2D eigenvalue weighted by atomic mass is 32.1. The monoisotopic (exact) mass is 508 g/mol. The Morgan fingerprint density at radius 1 is 1.00 bits per heavy atom. The van der Waals surface area contributed by atoms with Gasteiger partial charge in [0.1, 0.15) is 5.75 Å². The Labute approximate surface area is 217 Å². The highest BCUT2D eigenvalue weighted by Crippen LogP contribution is 2.41. The van der Waals surface area contributed by atoms with Crippen molar-refractivity contribution in [2.75, 3.05) is 14.2 Å². The molecule has 0 saturated carbocycles. The van der Waals surface area contributed by atoms with Gasteiger partial charge in [-0.05, 0) is 65.4 Å². The number of hydrogen-bond donors (Lipinski definition) is 0. The number of allylic oxidation sites excluding steroid dienone is 1. The lowest BCUT2D eigenvalue weighted by atomic mass is 9.83. The van der Waals surface area contributed by atoms with Gasteiger partial charge in [0.05, 0.1) is 36.1 Å². The van der Waals surface area contributed by atoms with Gasteiger partial charge < -0.3 is 9.47 Å². The van der Waals surface area contributed by atoms with Crippen molar-refractivity contribution in [3.8, 4) is 5.75 Å². The number of carbonyl (C=O) groups excluding carboxylic acids is 1. The Morgan fingerprint density at radius 2 is 1.76 bits per heavy atom. The molecule has 37 heavy (non-hydrogen) atoms. The number of hydrogen-bond acceptors (Lipinski definition) is 6. The molecular formula is C30H24N2O4S. The summed E-state index contributed by atoms with van der Waals surface area (Å²) in [5.41, 5.74) is 6.79. The quantitative estimate of drug-likeness (QED) is 0.389. The summed E-state index contributed by atoms with van der Waals surface area (Å²) in [6.45, 7) is 0. The van der Waals surface area contributed by atoms with Gasteiger partial charge >= 0.3 is 5.97 Å². The van der Waals surface area contributed by atoms with Crippen LogP contribution in [0.15, 0.2) is 88.2 Å². The molecule has 4 aromatic rings. The molecule has 1 aliphatic carbocycles. The van der Waals surface area contributed by atoms with Crippen molar-refractivity contribution in [1.82, 2.24) is 4.57 Å². The van der Waals surface area contributed by atoms with E-state index in [0.717, 1.165) is 46.6 Å². The summed E-state index contributed by atoms with van der Waals surface area (Å²) in [6.07, 6.45) is 3.60. The van der Waals surface area contributed by atoms with Gasteiger partial charge in [-0.25, -0.2) is 9.79 Å². The lowest BCUT2D eigenvalue weighted by molar-refractivity contribution is 0.0600. The smallest absolute Gasteiger partial charge is 0.337 e. The van der Waals surface area contributed by atoms with Crippen LogP contribution in [-0.2, 0) is 11.2 Å². The third kappa shape index (κ3) is 4.01. The Kier molecular flexibility index (Phi) is 5.85. The molecule has 1 unspecified atom stereocenters. The van der Waals surface area contributed by atoms with Gasteiger partial charge in [0.2, 0.25) is 0 Å². The first-order valence-corrected chi connectivity index (χ1v) is 12.8. The second-order valence-electron chi connectivity index (χ2n) is 9.00. The summed E-state index contributed by atoms with van der Waals surface area (Å²) in [6, 6.07) is 23.1. The highest BCUT2D eigenvalue weighted by molar-refractivity contribution is 7.07. The largest absolute Gasteiger partial charge is 0.497 e. The van der Waals surface area contributed by atoms with Crippen molar-refractivity contribution in [2.24, 2.45) is 4.99 Å². The maximum Gasteiger partial charge on any atom is 0.337 e. The summed E-state index contributed by atoms with van der Waals surface area (Å²) < 4.78 is 12.6. The third-order valence-electron chi connectivity index (χ3n) is 6.93. The minimum absolute atomic E-state index is 0.0768. The summed E-state index contributed by atoms with van der Waals surface area (Å²) in [5.74, 6) is 0.381. The molecule has 0 bridgehead atoms. The van der Waals surface area contributed by atoms with Gasteiger partial charge in [-0.3, -0.25) is 9.36 Å². The van der Waals surface area contributed by atoms with Crippen molar-refractivity contribution < 1.29 is 14.3 Å². The molecule has 6 nitrogen and oxygen atoms in total. The van der Waals surface area contributed by atoms with Gasteiger partial charge in [-0.2, -0.15) is 0 Å². The standard InChI is InChI=1S/C30H24N2O4S/c1-35-22-14-11-20(12-15-22)27-24-16-13-19-5-3-4-6-23(19)26(24)31-30-32(27)28(33)25(37-30)17-18-7-9-21(10-8-18)29(34)36-2/h3-12,14-15,17,27H,13,16H2,1-2H3. The van der Waals surface area contributed by atoms with E-state index in [1.807, 2.05) is 53.1 Å². The average molecular weight is 509 g/mol. The minimum atomic E-state index is -0.392. The van der Waals surface area contributed by atoms with E-state index < -0.39 is 5.97 Å². The normalized spacial score (nSPS) is 16.4. The zero-order chi connectivity index (χ0) is 25.5. The molecule has 6 rings (SSSR count). The van der Waals surface area contributed by atoms with Crippen LogP contribution in [0.4, 0.5) is 0 Å². The number of fused-ring (bicyclic) bond motifs is 3. The lowest BCUT2D eigenvalue weighted by Gasteiger charge is -2.30. The van der Waals surface area contributed by atoms with Crippen LogP contribution >= 0.6 is 11.3 Å². The third-order valence-corrected chi connectivity index (χ3v) is 7.92. The summed E-state index contributed by atoms with van der Waals surface area (Å²) >= 11 is 1.39. The number of aromatic nitrogens is 1. The fraction of sp³-hybridized carbons (Fsp3) is 0.167. The predicted octanol–water partition coefficient (Wildman–Crippen LogP) is 4.11. The van der Waals surface area contributed by atoms with E-state index in [1.165, 1.54) is 24.0 Å². The van der Waals surface area contributed by atoms with E-state index in [0.29, 0.717) is 14.9 Å². The maximum absolute atomic E-state index is 13.8. The Hall–Kier alpha value is -4.23. The molecule has 1 aromatic heterocycles. The van der Waals surface area contributed by atoms with Crippen LogP contribution in [0.5, 0.6) is 5.75 Å². The van der Waals surface area contributed by atoms with Crippen molar-refractivity contribution in [3.63, 3.8) is 0 Å². The zero-order valence-electron chi connectivity index (χ0n) is 20.4. The van der Waals surface area contributed by atoms with E-state index in [9.17, 15) is 9.59 Å². The van der Waals surface area contributed by atoms with E-state index >= 15 is 0 Å². The highest BCUT2D eigenvalue weighted by Gasteiger charge is 2.32. The van der Waals surface area contributed by atoms with Gasteiger partial charge in [0.15, 0.2) is 4.80 Å². The number of benzene rings is 3. The van der Waals surface area contributed by atoms with Crippen molar-refractivity contribution in [3.05, 3.63) is 126 Å². The second-order valence-corrected chi connectivity index (χ2v) is 10.0. The Morgan fingerprint density at radius 3 is 2.49 bits per heavy atom. The fourth-order valence-electron chi connectivity index (χ4n) is 5.09. The molecule has 0 saturated heterocycles. The molecule has 3 aromatic carbocycles. The molecular weight excluding hydrogens is 484 g/mol. The van der Waals surface area contributed by atoms with Crippen LogP contribution in [0.2, 0.25) is 0 Å². The molecule has 0 radical (unpaired) electrons. The molecule has 0 N–H and O–H groups in total. The van der Waals surface area contributed by atoms with E-state index in [4.69, 9.17) is 14.5 Å². The van der Waals surface area contributed by atoms with Crippen LogP contribution in [-0.4, -0.2) is 24.8 Å². The lowest BCUT2D eigenvalue weighted by Crippen LogP contribution is -2.38. The number of nitrogens with zero attached hydrogens (tertiary/aromatic N) is 2. The first-order valence-electron chi connectivity index (χ1n) is 12.0. The first-order chi connectivity index (χ1) is 18.1. The van der Waals surface area contributed by atoms with E-state index in [-0.39, 0.29) is 11.6 Å². The molecule has 1 atom stereocenters. The second kappa shape index (κ2) is 9.33. The van der Waals surface area contributed by atoms with Crippen LogP contribution in [0.1, 0.15) is 45.1 Å². The summed E-state index contributed by atoms with van der Waals surface area (Å²) in [5, 5.41) is 0. The zero-order valence-corrected chi connectivity index (χ0v) is 21.2. The van der Waals surface area contributed by atoms with Crippen LogP contribution in [0.25, 0.3) is 11.8 Å². The van der Waals surface area contributed by atoms with Crippen molar-refractivity contribution >= 4 is 29.1 Å². The van der Waals surface area contributed by atoms with Crippen molar-refractivity contribution in [1.29, 1.82) is 0 Å². The molecule has 0 spiro atoms. The number of aryl methyl sites for hydroxylation is 1. The van der Waals surface area contributed by atoms with Crippen LogP contribution in [0, 0.1) is 0 Å². The van der Waals surface area contributed by atoms with Gasteiger partial charge in [-0.15, -0.1) is 0 Å². The summed E-state index contributed by atoms with van der Waals surface area (Å²) in [4.78, 5) is 31.3. The van der Waals surface area contributed by atoms with Gasteiger partial charge in [-0.1, -0.05) is 59.9 Å². The Bertz CT molecular complexity index is 1730. The number of carbonyl (C=O) groups is 1. The van der Waals surface area contributed by atoms with Crippen LogP contribution in [0.3, 0.4) is 0 Å². The van der Waals surface area contributed by atoms with Crippen molar-refractivity contribution in [2.45, 2.75) is 18.9 Å². The van der Waals surface area contributed by atoms with Gasteiger partial charge in [0.25, 0.3) is 5.56 Å². The van der Waals surface area contributed by atoms with E-state index in [1.54, 1.807) is 19.2 Å². The molecule has 2 heterocycles. The molecule has 184 valence electrons. The van der Waals surface area contributed by atoms with Crippen LogP contribution < -0.4 is 19.6 Å². The number of esters is 1. The summed E-state index contributed by atoms with van der Waals surface area (Å²) in [7, 11) is 3.00. The average Bonchev–Trinajstić information content (AvgIpc) is 3.26. The number of rotatable bonds is 4. The molecule has 0 fully saturated rings. The molecule has 1 aliphatic heterocycles. The molecule has 7 heteroatoms. The number of ether oxygens (including phenoxy) is 2.